The fraction of sp³-hybridized carbons (Fsp3) is 0.417. The maximum Gasteiger partial charge on any atom is 0.191 e. The first-order valence-corrected chi connectivity index (χ1v) is 5.39. The SMILES string of the molecule is CCCC(OC)C(=O)c1cccc(Cl)c1. The predicted octanol–water partition coefficient (Wildman–Crippen LogP) is 3.34. The zero-order chi connectivity index (χ0) is 11.3. The molecule has 3 heteroatoms. The summed E-state index contributed by atoms with van der Waals surface area (Å²) in [7, 11) is 1.56. The summed E-state index contributed by atoms with van der Waals surface area (Å²) in [6.07, 6.45) is 1.31. The Labute approximate surface area is 95.2 Å². The van der Waals surface area contributed by atoms with Crippen molar-refractivity contribution in [2.75, 3.05) is 7.11 Å². The van der Waals surface area contributed by atoms with Crippen LogP contribution >= 0.6 is 11.6 Å². The lowest BCUT2D eigenvalue weighted by Crippen LogP contribution is -2.22. The first-order valence-electron chi connectivity index (χ1n) is 5.01. The van der Waals surface area contributed by atoms with Crippen LogP contribution in [0, 0.1) is 0 Å². The highest BCUT2D eigenvalue weighted by Crippen LogP contribution is 2.15. The smallest absolute Gasteiger partial charge is 0.191 e. The summed E-state index contributed by atoms with van der Waals surface area (Å²) in [6.45, 7) is 2.03. The second kappa shape index (κ2) is 5.89. The number of hydrogen-bond donors (Lipinski definition) is 0. The number of hydrogen-bond acceptors (Lipinski definition) is 2. The molecular formula is C12H15ClO2. The molecule has 0 aliphatic carbocycles. The summed E-state index contributed by atoms with van der Waals surface area (Å²) < 4.78 is 5.15. The first-order chi connectivity index (χ1) is 7.19. The molecule has 1 atom stereocenters. The topological polar surface area (TPSA) is 26.3 Å². The van der Waals surface area contributed by atoms with Gasteiger partial charge in [0.25, 0.3) is 0 Å². The summed E-state index contributed by atoms with van der Waals surface area (Å²) in [4.78, 5) is 11.9. The third kappa shape index (κ3) is 3.33. The highest BCUT2D eigenvalue weighted by molar-refractivity contribution is 6.31. The minimum atomic E-state index is -0.353. The van der Waals surface area contributed by atoms with E-state index in [0.29, 0.717) is 10.6 Å². The Morgan fingerprint density at radius 2 is 2.27 bits per heavy atom. The van der Waals surface area contributed by atoms with Crippen molar-refractivity contribution in [3.8, 4) is 0 Å². The van der Waals surface area contributed by atoms with E-state index >= 15 is 0 Å². The Morgan fingerprint density at radius 3 is 2.80 bits per heavy atom. The zero-order valence-corrected chi connectivity index (χ0v) is 9.75. The van der Waals surface area contributed by atoms with E-state index in [9.17, 15) is 4.79 Å². The molecule has 0 heterocycles. The number of benzene rings is 1. The van der Waals surface area contributed by atoms with Gasteiger partial charge >= 0.3 is 0 Å². The highest BCUT2D eigenvalue weighted by atomic mass is 35.5. The van der Waals surface area contributed by atoms with Crippen LogP contribution in [-0.4, -0.2) is 19.0 Å². The lowest BCUT2D eigenvalue weighted by atomic mass is 10.0. The van der Waals surface area contributed by atoms with Crippen molar-refractivity contribution >= 4 is 17.4 Å². The molecule has 0 saturated carbocycles. The Morgan fingerprint density at radius 1 is 1.53 bits per heavy atom. The van der Waals surface area contributed by atoms with E-state index < -0.39 is 0 Å². The van der Waals surface area contributed by atoms with Gasteiger partial charge in [-0.15, -0.1) is 0 Å². The molecule has 0 aromatic heterocycles. The van der Waals surface area contributed by atoms with E-state index in [1.807, 2.05) is 6.92 Å². The first kappa shape index (κ1) is 12.2. The Balaban J connectivity index is 2.82. The second-order valence-electron chi connectivity index (χ2n) is 3.39. The number of ether oxygens (including phenoxy) is 1. The molecule has 82 valence electrons. The molecule has 0 radical (unpaired) electrons. The van der Waals surface area contributed by atoms with Crippen LogP contribution < -0.4 is 0 Å². The standard InChI is InChI=1S/C12H15ClO2/c1-3-5-11(15-2)12(14)9-6-4-7-10(13)8-9/h4,6-8,11H,3,5H2,1-2H3. The molecule has 0 amide bonds. The van der Waals surface area contributed by atoms with Gasteiger partial charge in [0.2, 0.25) is 0 Å². The number of carbonyl (C=O) groups excluding carboxylic acids is 1. The number of halogens is 1. The van der Waals surface area contributed by atoms with Gasteiger partial charge in [0.15, 0.2) is 5.78 Å². The average Bonchev–Trinajstić information content (AvgIpc) is 2.25. The van der Waals surface area contributed by atoms with E-state index in [-0.39, 0.29) is 11.9 Å². The van der Waals surface area contributed by atoms with Crippen molar-refractivity contribution in [3.05, 3.63) is 34.9 Å². The zero-order valence-electron chi connectivity index (χ0n) is 9.00. The maximum atomic E-state index is 11.9. The van der Waals surface area contributed by atoms with Crippen LogP contribution in [0.2, 0.25) is 5.02 Å². The summed E-state index contributed by atoms with van der Waals surface area (Å²) in [6, 6.07) is 6.95. The van der Waals surface area contributed by atoms with Gasteiger partial charge in [-0.05, 0) is 18.6 Å². The molecule has 0 aliphatic rings. The minimum absolute atomic E-state index is 0.00171. The van der Waals surface area contributed by atoms with Gasteiger partial charge in [0.1, 0.15) is 6.10 Å². The molecule has 0 bridgehead atoms. The fourth-order valence-electron chi connectivity index (χ4n) is 1.45. The van der Waals surface area contributed by atoms with Crippen LogP contribution in [-0.2, 0) is 4.74 Å². The average molecular weight is 227 g/mol. The van der Waals surface area contributed by atoms with Gasteiger partial charge in [-0.3, -0.25) is 4.79 Å². The van der Waals surface area contributed by atoms with Crippen LogP contribution in [0.5, 0.6) is 0 Å². The third-order valence-corrected chi connectivity index (χ3v) is 2.47. The van der Waals surface area contributed by atoms with Crippen molar-refractivity contribution in [2.24, 2.45) is 0 Å². The lowest BCUT2D eigenvalue weighted by Gasteiger charge is -2.12. The maximum absolute atomic E-state index is 11.9. The van der Waals surface area contributed by atoms with Crippen molar-refractivity contribution in [1.29, 1.82) is 0 Å². The van der Waals surface area contributed by atoms with Crippen LogP contribution in [0.25, 0.3) is 0 Å². The largest absolute Gasteiger partial charge is 0.373 e. The van der Waals surface area contributed by atoms with Crippen LogP contribution in [0.3, 0.4) is 0 Å². The quantitative estimate of drug-likeness (QED) is 0.720. The van der Waals surface area contributed by atoms with Gasteiger partial charge in [-0.25, -0.2) is 0 Å². The van der Waals surface area contributed by atoms with Crippen molar-refractivity contribution < 1.29 is 9.53 Å². The van der Waals surface area contributed by atoms with Gasteiger partial charge < -0.3 is 4.74 Å². The molecule has 1 aromatic carbocycles. The number of carbonyl (C=O) groups is 1. The summed E-state index contributed by atoms with van der Waals surface area (Å²) in [5.41, 5.74) is 0.614. The van der Waals surface area contributed by atoms with Gasteiger partial charge in [-0.1, -0.05) is 37.1 Å². The Bertz CT molecular complexity index is 336. The third-order valence-electron chi connectivity index (χ3n) is 2.24. The van der Waals surface area contributed by atoms with Crippen LogP contribution in [0.15, 0.2) is 24.3 Å². The molecule has 0 fully saturated rings. The van der Waals surface area contributed by atoms with Crippen molar-refractivity contribution in [2.45, 2.75) is 25.9 Å². The highest BCUT2D eigenvalue weighted by Gasteiger charge is 2.18. The minimum Gasteiger partial charge on any atom is -0.373 e. The summed E-state index contributed by atoms with van der Waals surface area (Å²) in [5.74, 6) is 0.00171. The van der Waals surface area contributed by atoms with E-state index in [0.717, 1.165) is 12.8 Å². The molecule has 0 aliphatic heterocycles. The normalized spacial score (nSPS) is 12.5. The molecule has 2 nitrogen and oxygen atoms in total. The number of methoxy groups -OCH3 is 1. The number of rotatable bonds is 5. The second-order valence-corrected chi connectivity index (χ2v) is 3.82. The molecule has 1 unspecified atom stereocenters. The lowest BCUT2D eigenvalue weighted by molar-refractivity contribution is 0.0579. The number of Topliss-reactive ketones (excluding diaryl/α,β-unsaturated/α-hetero) is 1. The molecule has 1 aromatic rings. The van der Waals surface area contributed by atoms with E-state index in [1.54, 1.807) is 31.4 Å². The van der Waals surface area contributed by atoms with E-state index in [2.05, 4.69) is 0 Å². The molecule has 0 saturated heterocycles. The van der Waals surface area contributed by atoms with Gasteiger partial charge in [0, 0.05) is 17.7 Å². The molecule has 15 heavy (non-hydrogen) atoms. The fourth-order valence-corrected chi connectivity index (χ4v) is 1.64. The van der Waals surface area contributed by atoms with E-state index in [4.69, 9.17) is 16.3 Å². The molecular weight excluding hydrogens is 212 g/mol. The van der Waals surface area contributed by atoms with Gasteiger partial charge in [-0.2, -0.15) is 0 Å². The predicted molar refractivity (Wildman–Crippen MR) is 61.5 cm³/mol. The summed E-state index contributed by atoms with van der Waals surface area (Å²) in [5, 5.41) is 0.576. The monoisotopic (exact) mass is 226 g/mol. The van der Waals surface area contributed by atoms with Crippen LogP contribution in [0.4, 0.5) is 0 Å². The van der Waals surface area contributed by atoms with E-state index in [1.165, 1.54) is 0 Å². The summed E-state index contributed by atoms with van der Waals surface area (Å²) >= 11 is 5.82. The van der Waals surface area contributed by atoms with Gasteiger partial charge in [0.05, 0.1) is 0 Å². The Kier molecular flexibility index (Phi) is 4.79. The Hall–Kier alpha value is -0.860. The molecule has 0 spiro atoms. The molecule has 0 N–H and O–H groups in total. The van der Waals surface area contributed by atoms with Crippen molar-refractivity contribution in [1.82, 2.24) is 0 Å². The van der Waals surface area contributed by atoms with Crippen molar-refractivity contribution in [3.63, 3.8) is 0 Å². The van der Waals surface area contributed by atoms with Crippen LogP contribution in [0.1, 0.15) is 30.1 Å². The molecule has 1 rings (SSSR count). The number of ketones is 1.